The maximum Gasteiger partial charge on any atom is 0.282 e. The van der Waals surface area contributed by atoms with Gasteiger partial charge < -0.3 is 10.1 Å². The Bertz CT molecular complexity index is 705. The molecule has 2 saturated heterocycles. The molecule has 0 spiro atoms. The van der Waals surface area contributed by atoms with Crippen molar-refractivity contribution in [3.8, 4) is 0 Å². The molecule has 7 nitrogen and oxygen atoms in total. The highest BCUT2D eigenvalue weighted by atomic mass is 35.5. The van der Waals surface area contributed by atoms with E-state index < -0.39 is 10.2 Å². The number of rotatable bonds is 4. The first-order chi connectivity index (χ1) is 12.0. The number of ether oxygens (including phenoxy) is 1. The number of benzene rings is 1. The number of halogens is 1. The zero-order valence-electron chi connectivity index (χ0n) is 13.9. The number of carbonyl (C=O) groups excluding carboxylic acids is 1. The van der Waals surface area contributed by atoms with Crippen LogP contribution in [0.15, 0.2) is 24.3 Å². The molecule has 1 unspecified atom stereocenters. The lowest BCUT2D eigenvalue weighted by molar-refractivity contribution is -0.120. The molecular weight excluding hydrogens is 366 g/mol. The van der Waals surface area contributed by atoms with E-state index in [0.29, 0.717) is 56.4 Å². The molecule has 1 atom stereocenters. The summed E-state index contributed by atoms with van der Waals surface area (Å²) >= 11 is 5.84. The molecule has 138 valence electrons. The van der Waals surface area contributed by atoms with Gasteiger partial charge in [-0.05, 0) is 37.1 Å². The SMILES string of the molecule is O=C(Nc1ccc(Cl)cc1)C1CCCN(S(=O)(=O)N2CCOCC2)C1. The second kappa shape index (κ2) is 8.01. The van der Waals surface area contributed by atoms with Crippen LogP contribution >= 0.6 is 11.6 Å². The second-order valence-electron chi connectivity index (χ2n) is 6.21. The summed E-state index contributed by atoms with van der Waals surface area (Å²) in [6.07, 6.45) is 1.34. The third kappa shape index (κ3) is 4.51. The van der Waals surface area contributed by atoms with Crippen LogP contribution in [0.2, 0.25) is 5.02 Å². The van der Waals surface area contributed by atoms with Gasteiger partial charge in [0.25, 0.3) is 10.2 Å². The van der Waals surface area contributed by atoms with E-state index in [2.05, 4.69) is 5.32 Å². The van der Waals surface area contributed by atoms with E-state index >= 15 is 0 Å². The topological polar surface area (TPSA) is 79.0 Å². The molecule has 0 radical (unpaired) electrons. The average molecular weight is 388 g/mol. The first-order valence-electron chi connectivity index (χ1n) is 8.36. The van der Waals surface area contributed by atoms with Crippen LogP contribution in [0.4, 0.5) is 5.69 Å². The minimum absolute atomic E-state index is 0.163. The molecule has 1 aromatic rings. The largest absolute Gasteiger partial charge is 0.379 e. The Morgan fingerprint density at radius 2 is 1.80 bits per heavy atom. The molecule has 2 heterocycles. The molecule has 0 saturated carbocycles. The summed E-state index contributed by atoms with van der Waals surface area (Å²) in [5, 5.41) is 3.43. The maximum absolute atomic E-state index is 12.8. The van der Waals surface area contributed by atoms with Crippen molar-refractivity contribution < 1.29 is 17.9 Å². The van der Waals surface area contributed by atoms with E-state index in [1.54, 1.807) is 24.3 Å². The fourth-order valence-electron chi connectivity index (χ4n) is 3.08. The Hall–Kier alpha value is -1.19. The van der Waals surface area contributed by atoms with Crippen LogP contribution in [-0.4, -0.2) is 62.3 Å². The molecule has 3 rings (SSSR count). The molecule has 2 fully saturated rings. The molecule has 2 aliphatic rings. The summed E-state index contributed by atoms with van der Waals surface area (Å²) in [5.41, 5.74) is 0.655. The fourth-order valence-corrected chi connectivity index (χ4v) is 4.88. The molecule has 0 aromatic heterocycles. The summed E-state index contributed by atoms with van der Waals surface area (Å²) in [6.45, 7) is 2.20. The van der Waals surface area contributed by atoms with Crippen molar-refractivity contribution >= 4 is 33.4 Å². The van der Waals surface area contributed by atoms with Crippen LogP contribution in [0, 0.1) is 5.92 Å². The number of morpholine rings is 1. The number of hydrogen-bond acceptors (Lipinski definition) is 4. The number of piperidine rings is 1. The average Bonchev–Trinajstić information content (AvgIpc) is 2.64. The molecule has 1 N–H and O–H groups in total. The van der Waals surface area contributed by atoms with Crippen molar-refractivity contribution in [2.45, 2.75) is 12.8 Å². The Labute approximate surface area is 153 Å². The predicted molar refractivity (Wildman–Crippen MR) is 95.7 cm³/mol. The molecule has 1 aromatic carbocycles. The lowest BCUT2D eigenvalue weighted by Crippen LogP contribution is -2.52. The van der Waals surface area contributed by atoms with E-state index in [1.165, 1.54) is 8.61 Å². The summed E-state index contributed by atoms with van der Waals surface area (Å²) < 4.78 is 33.6. The summed E-state index contributed by atoms with van der Waals surface area (Å²) in [7, 11) is -3.54. The molecule has 0 bridgehead atoms. The number of nitrogens with zero attached hydrogens (tertiary/aromatic N) is 2. The standard InChI is InChI=1S/C16H22ClN3O4S/c17-14-3-5-15(6-4-14)18-16(21)13-2-1-7-20(12-13)25(22,23)19-8-10-24-11-9-19/h3-6,13H,1-2,7-12H2,(H,18,21). The van der Waals surface area contributed by atoms with Crippen molar-refractivity contribution in [3.05, 3.63) is 29.3 Å². The van der Waals surface area contributed by atoms with Crippen LogP contribution in [0.5, 0.6) is 0 Å². The fraction of sp³-hybridized carbons (Fsp3) is 0.562. The molecular formula is C16H22ClN3O4S. The Morgan fingerprint density at radius 3 is 2.48 bits per heavy atom. The highest BCUT2D eigenvalue weighted by Crippen LogP contribution is 2.23. The van der Waals surface area contributed by atoms with Gasteiger partial charge in [-0.25, -0.2) is 0 Å². The molecule has 25 heavy (non-hydrogen) atoms. The van der Waals surface area contributed by atoms with Crippen LogP contribution in [-0.2, 0) is 19.7 Å². The van der Waals surface area contributed by atoms with Gasteiger partial charge in [-0.3, -0.25) is 4.79 Å². The van der Waals surface area contributed by atoms with Crippen molar-refractivity contribution in [3.63, 3.8) is 0 Å². The highest BCUT2D eigenvalue weighted by molar-refractivity contribution is 7.86. The summed E-state index contributed by atoms with van der Waals surface area (Å²) in [6, 6.07) is 6.86. The van der Waals surface area contributed by atoms with Gasteiger partial charge in [0.1, 0.15) is 0 Å². The van der Waals surface area contributed by atoms with E-state index in [0.717, 1.165) is 0 Å². The van der Waals surface area contributed by atoms with Crippen molar-refractivity contribution in [1.82, 2.24) is 8.61 Å². The normalized spacial score (nSPS) is 23.3. The molecule has 1 amide bonds. The Balaban J connectivity index is 1.63. The van der Waals surface area contributed by atoms with E-state index in [-0.39, 0.29) is 18.4 Å². The minimum Gasteiger partial charge on any atom is -0.379 e. The van der Waals surface area contributed by atoms with E-state index in [1.807, 2.05) is 0 Å². The van der Waals surface area contributed by atoms with Gasteiger partial charge in [0.05, 0.1) is 19.1 Å². The Morgan fingerprint density at radius 1 is 1.12 bits per heavy atom. The lowest BCUT2D eigenvalue weighted by Gasteiger charge is -2.36. The molecule has 9 heteroatoms. The third-order valence-corrected chi connectivity index (χ3v) is 6.74. The Kier molecular flexibility index (Phi) is 5.96. The maximum atomic E-state index is 12.8. The summed E-state index contributed by atoms with van der Waals surface area (Å²) in [4.78, 5) is 12.5. The van der Waals surface area contributed by atoms with Gasteiger partial charge in [0, 0.05) is 36.9 Å². The zero-order valence-corrected chi connectivity index (χ0v) is 15.4. The van der Waals surface area contributed by atoms with Crippen molar-refractivity contribution in [2.24, 2.45) is 5.92 Å². The van der Waals surface area contributed by atoms with Crippen LogP contribution < -0.4 is 5.32 Å². The van der Waals surface area contributed by atoms with Crippen LogP contribution in [0.1, 0.15) is 12.8 Å². The van der Waals surface area contributed by atoms with Crippen molar-refractivity contribution in [2.75, 3.05) is 44.7 Å². The first-order valence-corrected chi connectivity index (χ1v) is 10.1. The first kappa shape index (κ1) is 18.6. The minimum atomic E-state index is -3.54. The smallest absolute Gasteiger partial charge is 0.282 e. The van der Waals surface area contributed by atoms with Gasteiger partial charge in [0.15, 0.2) is 0 Å². The quantitative estimate of drug-likeness (QED) is 0.850. The summed E-state index contributed by atoms with van der Waals surface area (Å²) in [5.74, 6) is -0.524. The number of amides is 1. The third-order valence-electron chi connectivity index (χ3n) is 4.49. The highest BCUT2D eigenvalue weighted by Gasteiger charge is 2.36. The van der Waals surface area contributed by atoms with Gasteiger partial charge in [-0.15, -0.1) is 0 Å². The number of hydrogen-bond donors (Lipinski definition) is 1. The van der Waals surface area contributed by atoms with Gasteiger partial charge >= 0.3 is 0 Å². The predicted octanol–water partition coefficient (Wildman–Crippen LogP) is 1.57. The molecule has 2 aliphatic heterocycles. The number of nitrogens with one attached hydrogen (secondary N) is 1. The van der Waals surface area contributed by atoms with Gasteiger partial charge in [-0.1, -0.05) is 11.6 Å². The van der Waals surface area contributed by atoms with Crippen LogP contribution in [0.3, 0.4) is 0 Å². The molecule has 0 aliphatic carbocycles. The van der Waals surface area contributed by atoms with E-state index in [9.17, 15) is 13.2 Å². The lowest BCUT2D eigenvalue weighted by atomic mass is 9.99. The van der Waals surface area contributed by atoms with Gasteiger partial charge in [0.2, 0.25) is 5.91 Å². The van der Waals surface area contributed by atoms with Crippen LogP contribution in [0.25, 0.3) is 0 Å². The van der Waals surface area contributed by atoms with E-state index in [4.69, 9.17) is 16.3 Å². The number of anilines is 1. The van der Waals surface area contributed by atoms with Crippen molar-refractivity contribution in [1.29, 1.82) is 0 Å². The zero-order chi connectivity index (χ0) is 17.9. The second-order valence-corrected chi connectivity index (χ2v) is 8.58. The monoisotopic (exact) mass is 387 g/mol. The number of carbonyl (C=O) groups is 1. The van der Waals surface area contributed by atoms with Gasteiger partial charge in [-0.2, -0.15) is 17.0 Å².